The zero-order valence-electron chi connectivity index (χ0n) is 13.9. The molecule has 1 N–H and O–H groups in total. The Morgan fingerprint density at radius 2 is 2.22 bits per heavy atom. The van der Waals surface area contributed by atoms with E-state index >= 15 is 0 Å². The lowest BCUT2D eigenvalue weighted by Crippen LogP contribution is -2.36. The fourth-order valence-electron chi connectivity index (χ4n) is 2.58. The number of ether oxygens (including phenoxy) is 1. The molecule has 1 heterocycles. The first kappa shape index (κ1) is 18.0. The second-order valence-electron chi connectivity index (χ2n) is 6.95. The summed E-state index contributed by atoms with van der Waals surface area (Å²) >= 11 is 5.88. The van der Waals surface area contributed by atoms with Gasteiger partial charge in [-0.2, -0.15) is 0 Å². The van der Waals surface area contributed by atoms with Crippen molar-refractivity contribution in [1.82, 2.24) is 10.2 Å². The maximum atomic E-state index is 13.6. The highest BCUT2D eigenvalue weighted by molar-refractivity contribution is 6.30. The van der Waals surface area contributed by atoms with E-state index in [0.717, 1.165) is 13.0 Å². The molecule has 1 amide bonds. The molecule has 23 heavy (non-hydrogen) atoms. The Kier molecular flexibility index (Phi) is 5.87. The molecule has 0 radical (unpaired) electrons. The van der Waals surface area contributed by atoms with Crippen LogP contribution in [-0.2, 0) is 11.3 Å². The second-order valence-corrected chi connectivity index (χ2v) is 7.38. The summed E-state index contributed by atoms with van der Waals surface area (Å²) < 4.78 is 19.0. The molecule has 1 saturated heterocycles. The number of nitrogens with zero attached hydrogens (tertiary/aromatic N) is 1. The monoisotopic (exact) mass is 342 g/mol. The van der Waals surface area contributed by atoms with Crippen LogP contribution in [0.3, 0.4) is 0 Å². The van der Waals surface area contributed by atoms with Crippen LogP contribution in [0.5, 0.6) is 0 Å². The van der Waals surface area contributed by atoms with Crippen molar-refractivity contribution < 1.29 is 13.9 Å². The number of hydrogen-bond acceptors (Lipinski definition) is 3. The zero-order chi connectivity index (χ0) is 17.0. The Morgan fingerprint density at radius 1 is 1.48 bits per heavy atom. The molecule has 2 rings (SSSR count). The molecule has 0 spiro atoms. The summed E-state index contributed by atoms with van der Waals surface area (Å²) in [5.41, 5.74) is 0.0804. The van der Waals surface area contributed by atoms with Crippen LogP contribution in [0.15, 0.2) is 18.2 Å². The van der Waals surface area contributed by atoms with Crippen LogP contribution in [0.4, 0.5) is 9.18 Å². The van der Waals surface area contributed by atoms with Crippen molar-refractivity contribution >= 4 is 17.7 Å². The maximum Gasteiger partial charge on any atom is 0.410 e. The number of rotatable bonds is 4. The number of carbonyl (C=O) groups is 1. The Morgan fingerprint density at radius 3 is 2.91 bits per heavy atom. The van der Waals surface area contributed by atoms with Gasteiger partial charge in [-0.15, -0.1) is 0 Å². The van der Waals surface area contributed by atoms with Gasteiger partial charge in [-0.1, -0.05) is 11.6 Å². The van der Waals surface area contributed by atoms with Gasteiger partial charge in [0.05, 0.1) is 0 Å². The second kappa shape index (κ2) is 7.49. The van der Waals surface area contributed by atoms with Gasteiger partial charge in [0.25, 0.3) is 0 Å². The van der Waals surface area contributed by atoms with Crippen LogP contribution in [0.1, 0.15) is 32.8 Å². The van der Waals surface area contributed by atoms with Crippen molar-refractivity contribution in [1.29, 1.82) is 0 Å². The van der Waals surface area contributed by atoms with E-state index in [9.17, 15) is 9.18 Å². The lowest BCUT2D eigenvalue weighted by molar-refractivity contribution is 0.0288. The van der Waals surface area contributed by atoms with Crippen LogP contribution in [0.2, 0.25) is 5.02 Å². The number of benzene rings is 1. The van der Waals surface area contributed by atoms with Gasteiger partial charge in [0.1, 0.15) is 11.4 Å². The Hall–Kier alpha value is -1.33. The number of nitrogens with one attached hydrogen (secondary N) is 1. The summed E-state index contributed by atoms with van der Waals surface area (Å²) in [6.45, 7) is 8.10. The van der Waals surface area contributed by atoms with Crippen molar-refractivity contribution in [3.05, 3.63) is 34.6 Å². The first-order chi connectivity index (χ1) is 10.7. The number of carbonyl (C=O) groups excluding carboxylic acids is 1. The van der Waals surface area contributed by atoms with Crippen molar-refractivity contribution in [3.8, 4) is 0 Å². The van der Waals surface area contributed by atoms with Gasteiger partial charge in [0.2, 0.25) is 0 Å². The third-order valence-corrected chi connectivity index (χ3v) is 3.93. The number of amides is 1. The quantitative estimate of drug-likeness (QED) is 0.904. The lowest BCUT2D eigenvalue weighted by atomic mass is 10.1. The zero-order valence-corrected chi connectivity index (χ0v) is 14.6. The molecule has 0 aliphatic carbocycles. The van der Waals surface area contributed by atoms with Crippen LogP contribution < -0.4 is 5.32 Å². The standard InChI is InChI=1S/C17H24ClFN2O2/c1-17(2,3)23-16(22)21-7-6-12(11-21)9-20-10-13-8-14(18)4-5-15(13)19/h4-5,8,12,20H,6-7,9-11H2,1-3H3. The van der Waals surface area contributed by atoms with Gasteiger partial charge in [-0.25, -0.2) is 9.18 Å². The first-order valence-electron chi connectivity index (χ1n) is 7.87. The molecule has 128 valence electrons. The average Bonchev–Trinajstić information content (AvgIpc) is 2.90. The van der Waals surface area contributed by atoms with Crippen LogP contribution in [0.25, 0.3) is 0 Å². The fraction of sp³-hybridized carbons (Fsp3) is 0.588. The van der Waals surface area contributed by atoms with E-state index in [-0.39, 0.29) is 11.9 Å². The lowest BCUT2D eigenvalue weighted by Gasteiger charge is -2.24. The number of likely N-dealkylation sites (tertiary alicyclic amines) is 1. The highest BCUT2D eigenvalue weighted by atomic mass is 35.5. The molecule has 1 atom stereocenters. The van der Waals surface area contributed by atoms with Gasteiger partial charge in [-0.05, 0) is 51.3 Å². The SMILES string of the molecule is CC(C)(C)OC(=O)N1CCC(CNCc2cc(Cl)ccc2F)C1. The van der Waals surface area contributed by atoms with Gasteiger partial charge < -0.3 is 15.0 Å². The Balaban J connectivity index is 1.76. The summed E-state index contributed by atoms with van der Waals surface area (Å²) in [6.07, 6.45) is 0.658. The van der Waals surface area contributed by atoms with E-state index in [1.54, 1.807) is 11.0 Å². The molecular formula is C17H24ClFN2O2. The molecule has 1 unspecified atom stereocenters. The van der Waals surface area contributed by atoms with Crippen LogP contribution in [-0.4, -0.2) is 36.2 Å². The van der Waals surface area contributed by atoms with Crippen molar-refractivity contribution in [2.45, 2.75) is 39.3 Å². The number of hydrogen-bond donors (Lipinski definition) is 1. The summed E-state index contributed by atoms with van der Waals surface area (Å²) in [4.78, 5) is 13.7. The minimum atomic E-state index is -0.475. The average molecular weight is 343 g/mol. The van der Waals surface area contributed by atoms with Crippen molar-refractivity contribution in [3.63, 3.8) is 0 Å². The molecule has 1 aliphatic heterocycles. The van der Waals surface area contributed by atoms with Gasteiger partial charge in [0, 0.05) is 36.8 Å². The largest absolute Gasteiger partial charge is 0.444 e. The third kappa shape index (κ3) is 5.66. The highest BCUT2D eigenvalue weighted by Crippen LogP contribution is 2.19. The van der Waals surface area contributed by atoms with Crippen LogP contribution >= 0.6 is 11.6 Å². The van der Waals surface area contributed by atoms with Gasteiger partial charge in [-0.3, -0.25) is 0 Å². The minimum absolute atomic E-state index is 0.260. The predicted octanol–water partition coefficient (Wildman–Crippen LogP) is 3.83. The van der Waals surface area contributed by atoms with E-state index in [2.05, 4.69) is 5.32 Å². The molecule has 0 bridgehead atoms. The van der Waals surface area contributed by atoms with E-state index in [4.69, 9.17) is 16.3 Å². The van der Waals surface area contributed by atoms with E-state index in [1.807, 2.05) is 20.8 Å². The predicted molar refractivity (Wildman–Crippen MR) is 89.0 cm³/mol. The molecule has 1 aromatic rings. The molecule has 0 aromatic heterocycles. The molecule has 6 heteroatoms. The smallest absolute Gasteiger partial charge is 0.410 e. The molecule has 1 fully saturated rings. The van der Waals surface area contributed by atoms with Crippen molar-refractivity contribution in [2.24, 2.45) is 5.92 Å². The number of halogens is 2. The first-order valence-corrected chi connectivity index (χ1v) is 8.25. The topological polar surface area (TPSA) is 41.6 Å². The molecule has 0 saturated carbocycles. The van der Waals surface area contributed by atoms with Gasteiger partial charge in [0.15, 0.2) is 0 Å². The minimum Gasteiger partial charge on any atom is -0.444 e. The molecule has 1 aliphatic rings. The summed E-state index contributed by atoms with van der Waals surface area (Å²) in [6, 6.07) is 4.54. The van der Waals surface area contributed by atoms with Crippen LogP contribution in [0, 0.1) is 11.7 Å². The van der Waals surface area contributed by atoms with E-state index in [1.165, 1.54) is 12.1 Å². The normalized spacial score (nSPS) is 18.3. The summed E-state index contributed by atoms with van der Waals surface area (Å²) in [5.74, 6) is 0.0912. The van der Waals surface area contributed by atoms with Gasteiger partial charge >= 0.3 is 6.09 Å². The molecular weight excluding hydrogens is 319 g/mol. The molecule has 1 aromatic carbocycles. The Bertz CT molecular complexity index is 560. The maximum absolute atomic E-state index is 13.6. The Labute approximate surface area is 141 Å². The third-order valence-electron chi connectivity index (χ3n) is 3.69. The van der Waals surface area contributed by atoms with E-state index < -0.39 is 5.60 Å². The highest BCUT2D eigenvalue weighted by Gasteiger charge is 2.29. The summed E-state index contributed by atoms with van der Waals surface area (Å²) in [7, 11) is 0. The van der Waals surface area contributed by atoms with E-state index in [0.29, 0.717) is 36.1 Å². The molecule has 4 nitrogen and oxygen atoms in total. The fourth-order valence-corrected chi connectivity index (χ4v) is 2.78. The summed E-state index contributed by atoms with van der Waals surface area (Å²) in [5, 5.41) is 3.77. The van der Waals surface area contributed by atoms with Crippen molar-refractivity contribution in [2.75, 3.05) is 19.6 Å².